The Morgan fingerprint density at radius 2 is 2.00 bits per heavy atom. The summed E-state index contributed by atoms with van der Waals surface area (Å²) in [6, 6.07) is 0. The SMILES string of the molecule is CC1(C)CC(O)CCC1CO. The molecule has 2 heteroatoms. The van der Waals surface area contributed by atoms with E-state index in [0.717, 1.165) is 19.3 Å². The quantitative estimate of drug-likeness (QED) is 0.601. The van der Waals surface area contributed by atoms with Gasteiger partial charge in [-0.25, -0.2) is 0 Å². The van der Waals surface area contributed by atoms with Crippen LogP contribution in [0.25, 0.3) is 0 Å². The molecule has 1 fully saturated rings. The van der Waals surface area contributed by atoms with E-state index in [1.165, 1.54) is 0 Å². The molecule has 2 unspecified atom stereocenters. The molecule has 0 amide bonds. The van der Waals surface area contributed by atoms with E-state index in [4.69, 9.17) is 5.11 Å². The number of hydrogen-bond acceptors (Lipinski definition) is 2. The fourth-order valence-electron chi connectivity index (χ4n) is 2.00. The zero-order valence-electron chi connectivity index (χ0n) is 7.38. The van der Waals surface area contributed by atoms with E-state index in [9.17, 15) is 5.11 Å². The van der Waals surface area contributed by atoms with Crippen LogP contribution in [0.2, 0.25) is 0 Å². The van der Waals surface area contributed by atoms with Crippen molar-refractivity contribution < 1.29 is 10.2 Å². The monoisotopic (exact) mass is 158 g/mol. The van der Waals surface area contributed by atoms with Gasteiger partial charge in [0, 0.05) is 6.61 Å². The lowest BCUT2D eigenvalue weighted by Crippen LogP contribution is -2.36. The zero-order chi connectivity index (χ0) is 8.48. The van der Waals surface area contributed by atoms with Crippen molar-refractivity contribution in [3.05, 3.63) is 0 Å². The Labute approximate surface area is 68.2 Å². The lowest BCUT2D eigenvalue weighted by atomic mass is 9.68. The second-order valence-electron chi connectivity index (χ2n) is 4.30. The van der Waals surface area contributed by atoms with Gasteiger partial charge >= 0.3 is 0 Å². The van der Waals surface area contributed by atoms with Gasteiger partial charge < -0.3 is 10.2 Å². The summed E-state index contributed by atoms with van der Waals surface area (Å²) in [6.45, 7) is 4.51. The van der Waals surface area contributed by atoms with Crippen LogP contribution in [-0.2, 0) is 0 Å². The molecule has 0 aromatic heterocycles. The van der Waals surface area contributed by atoms with E-state index in [-0.39, 0.29) is 18.1 Å². The molecule has 0 bridgehead atoms. The van der Waals surface area contributed by atoms with Crippen LogP contribution in [0.5, 0.6) is 0 Å². The summed E-state index contributed by atoms with van der Waals surface area (Å²) in [5.41, 5.74) is 0.117. The van der Waals surface area contributed by atoms with Crippen molar-refractivity contribution in [2.75, 3.05) is 6.61 Å². The Bertz CT molecular complexity index is 132. The molecule has 2 N–H and O–H groups in total. The van der Waals surface area contributed by atoms with Crippen molar-refractivity contribution >= 4 is 0 Å². The van der Waals surface area contributed by atoms with Crippen molar-refractivity contribution in [2.45, 2.75) is 39.2 Å². The van der Waals surface area contributed by atoms with E-state index in [0.29, 0.717) is 5.92 Å². The highest BCUT2D eigenvalue weighted by molar-refractivity contribution is 4.85. The third-order valence-corrected chi connectivity index (χ3v) is 2.94. The summed E-state index contributed by atoms with van der Waals surface area (Å²) in [5.74, 6) is 0.380. The van der Waals surface area contributed by atoms with Gasteiger partial charge in [0.05, 0.1) is 6.10 Å². The maximum absolute atomic E-state index is 9.38. The lowest BCUT2D eigenvalue weighted by molar-refractivity contribution is -0.000547. The molecule has 11 heavy (non-hydrogen) atoms. The van der Waals surface area contributed by atoms with Crippen molar-refractivity contribution in [3.8, 4) is 0 Å². The molecule has 0 aromatic carbocycles. The molecule has 2 nitrogen and oxygen atoms in total. The van der Waals surface area contributed by atoms with E-state index < -0.39 is 0 Å². The average molecular weight is 158 g/mol. The highest BCUT2D eigenvalue weighted by Gasteiger charge is 2.35. The van der Waals surface area contributed by atoms with Crippen molar-refractivity contribution in [3.63, 3.8) is 0 Å². The van der Waals surface area contributed by atoms with Crippen molar-refractivity contribution in [1.82, 2.24) is 0 Å². The standard InChI is InChI=1S/C9H18O2/c1-9(2)5-8(11)4-3-7(9)6-10/h7-8,10-11H,3-6H2,1-2H3. The summed E-state index contributed by atoms with van der Waals surface area (Å²) >= 11 is 0. The third kappa shape index (κ3) is 1.94. The predicted octanol–water partition coefficient (Wildman–Crippen LogP) is 1.17. The van der Waals surface area contributed by atoms with Crippen molar-refractivity contribution in [1.29, 1.82) is 0 Å². The first-order chi connectivity index (χ1) is 5.06. The van der Waals surface area contributed by atoms with E-state index in [1.54, 1.807) is 0 Å². The Kier molecular flexibility index (Phi) is 2.55. The van der Waals surface area contributed by atoms with Gasteiger partial charge in [-0.15, -0.1) is 0 Å². The molecule has 0 aromatic rings. The first-order valence-electron chi connectivity index (χ1n) is 4.35. The molecule has 0 spiro atoms. The van der Waals surface area contributed by atoms with E-state index in [2.05, 4.69) is 13.8 Å². The van der Waals surface area contributed by atoms with Gasteiger partial charge in [0.2, 0.25) is 0 Å². The normalized spacial score (nSPS) is 37.1. The Hall–Kier alpha value is -0.0800. The number of rotatable bonds is 1. The maximum atomic E-state index is 9.38. The van der Waals surface area contributed by atoms with Crippen LogP contribution >= 0.6 is 0 Å². The van der Waals surface area contributed by atoms with Crippen LogP contribution in [-0.4, -0.2) is 22.9 Å². The number of aliphatic hydroxyl groups excluding tert-OH is 2. The molecule has 0 aliphatic heterocycles. The average Bonchev–Trinajstić information content (AvgIpc) is 1.85. The van der Waals surface area contributed by atoms with Gasteiger partial charge in [-0.2, -0.15) is 0 Å². The molecule has 0 saturated heterocycles. The van der Waals surface area contributed by atoms with Crippen LogP contribution in [0.3, 0.4) is 0 Å². The van der Waals surface area contributed by atoms with E-state index >= 15 is 0 Å². The summed E-state index contributed by atoms with van der Waals surface area (Å²) < 4.78 is 0. The molecule has 1 aliphatic rings. The number of aliphatic hydroxyl groups is 2. The topological polar surface area (TPSA) is 40.5 Å². The predicted molar refractivity (Wildman–Crippen MR) is 44.2 cm³/mol. The molecule has 0 heterocycles. The van der Waals surface area contributed by atoms with Gasteiger partial charge in [-0.1, -0.05) is 13.8 Å². The van der Waals surface area contributed by atoms with Crippen LogP contribution in [0.4, 0.5) is 0 Å². The molecule has 1 saturated carbocycles. The summed E-state index contributed by atoms with van der Waals surface area (Å²) in [7, 11) is 0. The summed E-state index contributed by atoms with van der Waals surface area (Å²) in [4.78, 5) is 0. The summed E-state index contributed by atoms with van der Waals surface area (Å²) in [5, 5.41) is 18.4. The first kappa shape index (κ1) is 9.01. The van der Waals surface area contributed by atoms with Gasteiger partial charge in [0.15, 0.2) is 0 Å². The molecular formula is C9H18O2. The van der Waals surface area contributed by atoms with Crippen molar-refractivity contribution in [2.24, 2.45) is 11.3 Å². The lowest BCUT2D eigenvalue weighted by Gasteiger charge is -2.39. The number of hydrogen-bond donors (Lipinski definition) is 2. The second-order valence-corrected chi connectivity index (χ2v) is 4.30. The molecular weight excluding hydrogens is 140 g/mol. The van der Waals surface area contributed by atoms with Crippen LogP contribution in [0, 0.1) is 11.3 Å². The first-order valence-corrected chi connectivity index (χ1v) is 4.35. The summed E-state index contributed by atoms with van der Waals surface area (Å²) in [6.07, 6.45) is 2.50. The van der Waals surface area contributed by atoms with Crippen LogP contribution < -0.4 is 0 Å². The Morgan fingerprint density at radius 1 is 1.36 bits per heavy atom. The minimum absolute atomic E-state index is 0.117. The van der Waals surface area contributed by atoms with Gasteiger partial charge in [-0.3, -0.25) is 0 Å². The molecule has 1 rings (SSSR count). The molecule has 1 aliphatic carbocycles. The fraction of sp³-hybridized carbons (Fsp3) is 1.00. The van der Waals surface area contributed by atoms with Gasteiger partial charge in [0.1, 0.15) is 0 Å². The van der Waals surface area contributed by atoms with Crippen LogP contribution in [0.1, 0.15) is 33.1 Å². The molecule has 0 radical (unpaired) electrons. The van der Waals surface area contributed by atoms with E-state index in [1.807, 2.05) is 0 Å². The van der Waals surface area contributed by atoms with Gasteiger partial charge in [-0.05, 0) is 30.6 Å². The second kappa shape index (κ2) is 3.11. The highest BCUT2D eigenvalue weighted by Crippen LogP contribution is 2.40. The minimum Gasteiger partial charge on any atom is -0.396 e. The zero-order valence-corrected chi connectivity index (χ0v) is 7.38. The fourth-order valence-corrected chi connectivity index (χ4v) is 2.00. The molecule has 2 atom stereocenters. The Balaban J connectivity index is 2.56. The maximum Gasteiger partial charge on any atom is 0.0545 e. The largest absolute Gasteiger partial charge is 0.396 e. The smallest absolute Gasteiger partial charge is 0.0545 e. The van der Waals surface area contributed by atoms with Gasteiger partial charge in [0.25, 0.3) is 0 Å². The van der Waals surface area contributed by atoms with Crippen LogP contribution in [0.15, 0.2) is 0 Å². The minimum atomic E-state index is -0.146. The third-order valence-electron chi connectivity index (χ3n) is 2.94. The molecule has 66 valence electrons. The highest BCUT2D eigenvalue weighted by atomic mass is 16.3. The Morgan fingerprint density at radius 3 is 2.45 bits per heavy atom.